The average molecular weight is 639 g/mol. The molecule has 238 valence electrons. The van der Waals surface area contributed by atoms with Crippen molar-refractivity contribution in [1.82, 2.24) is 14.8 Å². The van der Waals surface area contributed by atoms with Gasteiger partial charge in [-0.2, -0.15) is 10.1 Å². The molecule has 9 nitrogen and oxygen atoms in total. The van der Waals surface area contributed by atoms with Gasteiger partial charge in [-0.3, -0.25) is 9.36 Å². The van der Waals surface area contributed by atoms with Gasteiger partial charge in [-0.25, -0.2) is 4.68 Å². The highest BCUT2D eigenvalue weighted by Crippen LogP contribution is 2.51. The van der Waals surface area contributed by atoms with Gasteiger partial charge in [-0.15, -0.1) is 0 Å². The normalized spacial score (nSPS) is 14.1. The summed E-state index contributed by atoms with van der Waals surface area (Å²) in [4.78, 5) is 20.1. The summed E-state index contributed by atoms with van der Waals surface area (Å²) in [5.41, 5.74) is 2.67. The van der Waals surface area contributed by atoms with Crippen LogP contribution in [0.2, 0.25) is 0 Å². The Morgan fingerprint density at radius 3 is 1.91 bits per heavy atom. The van der Waals surface area contributed by atoms with E-state index >= 15 is 0 Å². The predicted octanol–water partition coefficient (Wildman–Crippen LogP) is 7.14. The number of aryl methyl sites for hydroxylation is 1. The molecular formula is C36H39N4O5P. The van der Waals surface area contributed by atoms with Crippen molar-refractivity contribution < 1.29 is 18.3 Å². The molecule has 1 aliphatic heterocycles. The fraction of sp³-hybridized carbons (Fsp3) is 0.306. The third-order valence-corrected chi connectivity index (χ3v) is 10.2. The molecular weight excluding hydrogens is 599 g/mol. The van der Waals surface area contributed by atoms with E-state index in [1.54, 1.807) is 13.2 Å². The molecule has 10 heteroatoms. The first-order valence-corrected chi connectivity index (χ1v) is 17.4. The summed E-state index contributed by atoms with van der Waals surface area (Å²) >= 11 is 0. The molecule has 0 N–H and O–H groups in total. The monoisotopic (exact) mass is 638 g/mol. The summed E-state index contributed by atoms with van der Waals surface area (Å²) in [6.07, 6.45) is 4.61. The maximum atomic E-state index is 14.0. The molecule has 0 radical (unpaired) electrons. The molecule has 1 fully saturated rings. The quantitative estimate of drug-likeness (QED) is 0.126. The largest absolute Gasteiger partial charge is 0.472 e. The number of benzene rings is 3. The minimum atomic E-state index is -3.35. The first kappa shape index (κ1) is 31.7. The fourth-order valence-electron chi connectivity index (χ4n) is 5.65. The van der Waals surface area contributed by atoms with E-state index in [1.165, 1.54) is 4.68 Å². The maximum Gasteiger partial charge on any atom is 0.331 e. The van der Waals surface area contributed by atoms with Gasteiger partial charge in [0.05, 0.1) is 25.6 Å². The van der Waals surface area contributed by atoms with Crippen molar-refractivity contribution in [3.05, 3.63) is 130 Å². The summed E-state index contributed by atoms with van der Waals surface area (Å²) in [6, 6.07) is 31.3. The lowest BCUT2D eigenvalue weighted by atomic mass is 9.94. The number of piperidine rings is 1. The van der Waals surface area contributed by atoms with E-state index in [9.17, 15) is 9.36 Å². The third-order valence-electron chi connectivity index (χ3n) is 8.39. The van der Waals surface area contributed by atoms with Crippen molar-refractivity contribution in [2.75, 3.05) is 24.2 Å². The molecule has 0 aliphatic carbocycles. The lowest BCUT2D eigenvalue weighted by molar-refractivity contribution is 0.188. The molecule has 0 amide bonds. The number of rotatable bonds is 13. The van der Waals surface area contributed by atoms with Crippen molar-refractivity contribution in [3.8, 4) is 5.88 Å². The standard InChI is InChI=1S/C36H39N4O5P/c1-39-36(41)34-32(24-37-39)23-33(38-35(34)43-25-29-11-5-2-6-12-29)40-20-17-28(18-21-40)19-22-46(42,44-26-30-13-7-3-8-14-30)45-27-31-15-9-4-10-16-31/h2-16,23-24,28H,17-22,25-27H2,1H3. The predicted molar refractivity (Wildman–Crippen MR) is 180 cm³/mol. The molecule has 0 atom stereocenters. The van der Waals surface area contributed by atoms with Crippen LogP contribution in [0.5, 0.6) is 5.88 Å². The van der Waals surface area contributed by atoms with E-state index in [4.69, 9.17) is 18.8 Å². The summed E-state index contributed by atoms with van der Waals surface area (Å²) in [5.74, 6) is 1.44. The first-order valence-electron chi connectivity index (χ1n) is 15.7. The van der Waals surface area contributed by atoms with E-state index in [0.29, 0.717) is 35.3 Å². The zero-order valence-electron chi connectivity index (χ0n) is 26.0. The Morgan fingerprint density at radius 1 is 0.804 bits per heavy atom. The Labute approximate surface area is 269 Å². The van der Waals surface area contributed by atoms with E-state index in [2.05, 4.69) is 10.00 Å². The van der Waals surface area contributed by atoms with Crippen molar-refractivity contribution in [2.24, 2.45) is 13.0 Å². The zero-order valence-corrected chi connectivity index (χ0v) is 26.9. The van der Waals surface area contributed by atoms with Crippen LogP contribution in [0.25, 0.3) is 10.8 Å². The Bertz CT molecular complexity index is 1780. The molecule has 46 heavy (non-hydrogen) atoms. The van der Waals surface area contributed by atoms with Gasteiger partial charge in [0.2, 0.25) is 5.88 Å². The molecule has 0 unspecified atom stereocenters. The minimum Gasteiger partial charge on any atom is -0.472 e. The van der Waals surface area contributed by atoms with Crippen LogP contribution in [-0.4, -0.2) is 34.0 Å². The second-order valence-corrected chi connectivity index (χ2v) is 13.9. The van der Waals surface area contributed by atoms with Gasteiger partial charge < -0.3 is 18.7 Å². The Kier molecular flexibility index (Phi) is 10.2. The van der Waals surface area contributed by atoms with Gasteiger partial charge in [-0.1, -0.05) is 91.0 Å². The Balaban J connectivity index is 1.11. The minimum absolute atomic E-state index is 0.242. The van der Waals surface area contributed by atoms with E-state index < -0.39 is 7.60 Å². The molecule has 1 aliphatic rings. The fourth-order valence-corrected chi connectivity index (χ4v) is 7.36. The number of hydrogen-bond acceptors (Lipinski definition) is 8. The number of ether oxygens (including phenoxy) is 1. The summed E-state index contributed by atoms with van der Waals surface area (Å²) in [7, 11) is -1.72. The summed E-state index contributed by atoms with van der Waals surface area (Å²) < 4.78 is 33.4. The molecule has 2 aromatic heterocycles. The second kappa shape index (κ2) is 14.9. The van der Waals surface area contributed by atoms with Crippen LogP contribution in [0.15, 0.2) is 108 Å². The third kappa shape index (κ3) is 8.10. The van der Waals surface area contributed by atoms with E-state index in [0.717, 1.165) is 54.9 Å². The molecule has 3 aromatic carbocycles. The number of fused-ring (bicyclic) bond motifs is 1. The highest BCUT2D eigenvalue weighted by molar-refractivity contribution is 7.53. The molecule has 1 saturated heterocycles. The van der Waals surface area contributed by atoms with E-state index in [-0.39, 0.29) is 18.8 Å². The molecule has 0 bridgehead atoms. The lowest BCUT2D eigenvalue weighted by Gasteiger charge is -2.33. The summed E-state index contributed by atoms with van der Waals surface area (Å²) in [5, 5.41) is 5.36. The van der Waals surface area contributed by atoms with Crippen LogP contribution in [0, 0.1) is 5.92 Å². The lowest BCUT2D eigenvalue weighted by Crippen LogP contribution is -2.34. The number of aromatic nitrogens is 3. The van der Waals surface area contributed by atoms with Gasteiger partial charge >= 0.3 is 7.60 Å². The van der Waals surface area contributed by atoms with Crippen LogP contribution in [-0.2, 0) is 40.5 Å². The first-order chi connectivity index (χ1) is 22.5. The van der Waals surface area contributed by atoms with Gasteiger partial charge in [0.15, 0.2) is 0 Å². The zero-order chi connectivity index (χ0) is 31.8. The number of pyridine rings is 1. The smallest absolute Gasteiger partial charge is 0.331 e. The van der Waals surface area contributed by atoms with E-state index in [1.807, 2.05) is 97.1 Å². The van der Waals surface area contributed by atoms with Crippen LogP contribution in [0.1, 0.15) is 36.0 Å². The Hall–Kier alpha value is -4.30. The highest BCUT2D eigenvalue weighted by atomic mass is 31.2. The summed E-state index contributed by atoms with van der Waals surface area (Å²) in [6.45, 7) is 2.34. The van der Waals surface area contributed by atoms with Crippen LogP contribution in [0.4, 0.5) is 5.82 Å². The molecule has 5 aromatic rings. The SMILES string of the molecule is Cn1ncc2cc(N3CCC(CCP(=O)(OCc4ccccc4)OCc4ccccc4)CC3)nc(OCc3ccccc3)c2c1=O. The van der Waals surface area contributed by atoms with Gasteiger partial charge in [0.25, 0.3) is 5.56 Å². The molecule has 3 heterocycles. The molecule has 0 spiro atoms. The highest BCUT2D eigenvalue weighted by Gasteiger charge is 2.29. The maximum absolute atomic E-state index is 14.0. The van der Waals surface area contributed by atoms with Crippen molar-refractivity contribution in [3.63, 3.8) is 0 Å². The van der Waals surface area contributed by atoms with Crippen LogP contribution < -0.4 is 15.2 Å². The van der Waals surface area contributed by atoms with Crippen molar-refractivity contribution >= 4 is 24.2 Å². The van der Waals surface area contributed by atoms with Gasteiger partial charge in [0.1, 0.15) is 17.8 Å². The number of nitrogens with zero attached hydrogens (tertiary/aromatic N) is 4. The van der Waals surface area contributed by atoms with Crippen molar-refractivity contribution in [1.29, 1.82) is 0 Å². The van der Waals surface area contributed by atoms with Gasteiger partial charge in [-0.05, 0) is 47.9 Å². The number of anilines is 1. The second-order valence-electron chi connectivity index (χ2n) is 11.7. The molecule has 0 saturated carbocycles. The number of hydrogen-bond donors (Lipinski definition) is 0. The Morgan fingerprint density at radius 2 is 1.35 bits per heavy atom. The average Bonchev–Trinajstić information content (AvgIpc) is 3.11. The van der Waals surface area contributed by atoms with Gasteiger partial charge in [0, 0.05) is 25.5 Å². The van der Waals surface area contributed by atoms with Crippen molar-refractivity contribution in [2.45, 2.75) is 39.1 Å². The molecule has 6 rings (SSSR count). The topological polar surface area (TPSA) is 95.8 Å². The van der Waals surface area contributed by atoms with Crippen LogP contribution >= 0.6 is 7.60 Å². The van der Waals surface area contributed by atoms with Crippen LogP contribution in [0.3, 0.4) is 0 Å².